The van der Waals surface area contributed by atoms with E-state index in [4.69, 9.17) is 4.42 Å². The maximum atomic E-state index is 13.1. The van der Waals surface area contributed by atoms with E-state index in [1.807, 2.05) is 56.3 Å². The molecule has 3 aromatic carbocycles. The van der Waals surface area contributed by atoms with Crippen LogP contribution in [0.3, 0.4) is 0 Å². The zero-order chi connectivity index (χ0) is 24.7. The third kappa shape index (κ3) is 4.04. The molecular weight excluding hydrogens is 440 g/mol. The Morgan fingerprint density at radius 3 is 2.57 bits per heavy atom. The third-order valence-corrected chi connectivity index (χ3v) is 6.29. The molecule has 0 saturated carbocycles. The summed E-state index contributed by atoms with van der Waals surface area (Å²) in [6.07, 6.45) is 2.53. The highest BCUT2D eigenvalue weighted by Crippen LogP contribution is 2.31. The summed E-state index contributed by atoms with van der Waals surface area (Å²) in [6, 6.07) is 19.6. The minimum absolute atomic E-state index is 0.0812. The topological polar surface area (TPSA) is 81.3 Å². The van der Waals surface area contributed by atoms with Crippen LogP contribution in [0.4, 0.5) is 5.69 Å². The number of anilines is 1. The number of fused-ring (bicyclic) bond motifs is 2. The van der Waals surface area contributed by atoms with E-state index in [1.165, 1.54) is 10.6 Å². The van der Waals surface area contributed by atoms with Crippen LogP contribution < -0.4 is 16.3 Å². The lowest BCUT2D eigenvalue weighted by molar-refractivity contribution is 0.112. The molecule has 0 saturated heterocycles. The molecule has 0 aliphatic heterocycles. The van der Waals surface area contributed by atoms with Crippen LogP contribution in [0.15, 0.2) is 86.9 Å². The van der Waals surface area contributed by atoms with Crippen molar-refractivity contribution in [1.29, 1.82) is 0 Å². The number of aryl methyl sites for hydroxylation is 2. The van der Waals surface area contributed by atoms with Crippen LogP contribution in [0.1, 0.15) is 34.5 Å². The summed E-state index contributed by atoms with van der Waals surface area (Å²) in [7, 11) is 1.71. The molecule has 35 heavy (non-hydrogen) atoms. The second kappa shape index (κ2) is 8.72. The van der Waals surface area contributed by atoms with Crippen molar-refractivity contribution >= 4 is 33.7 Å². The maximum Gasteiger partial charge on any atom is 0.258 e. The molecule has 5 rings (SSSR count). The fourth-order valence-electron chi connectivity index (χ4n) is 4.44. The van der Waals surface area contributed by atoms with E-state index < -0.39 is 0 Å². The summed E-state index contributed by atoms with van der Waals surface area (Å²) in [4.78, 5) is 37.0. The van der Waals surface area contributed by atoms with Gasteiger partial charge in [-0.3, -0.25) is 14.4 Å². The molecule has 1 N–H and O–H groups in total. The van der Waals surface area contributed by atoms with Crippen molar-refractivity contribution in [1.82, 2.24) is 4.57 Å². The smallest absolute Gasteiger partial charge is 0.258 e. The predicted octanol–water partition coefficient (Wildman–Crippen LogP) is 5.61. The van der Waals surface area contributed by atoms with E-state index in [1.54, 1.807) is 31.4 Å². The van der Waals surface area contributed by atoms with Gasteiger partial charge in [-0.15, -0.1) is 0 Å². The lowest BCUT2D eigenvalue weighted by Gasteiger charge is -2.19. The number of aldehydes is 1. The van der Waals surface area contributed by atoms with Gasteiger partial charge in [0.25, 0.3) is 5.56 Å². The van der Waals surface area contributed by atoms with Crippen molar-refractivity contribution in [2.24, 2.45) is 7.05 Å². The van der Waals surface area contributed by atoms with Gasteiger partial charge >= 0.3 is 0 Å². The number of benzene rings is 3. The number of hydrogen-bond donors (Lipinski definition) is 1. The molecule has 0 spiro atoms. The Bertz CT molecular complexity index is 1730. The standard InChI is InChI=1S/C29H24N2O4/c1-17-12-23(18(2)30-25-7-5-4-6-21(25)16-32)28-24(13-17)26(33)15-27(35-28)20-8-9-22-19(14-20)10-11-31(3)29(22)34/h4-16,18,30H,1-3H3. The van der Waals surface area contributed by atoms with Crippen LogP contribution in [-0.2, 0) is 7.05 Å². The Labute approximate surface area is 201 Å². The first-order chi connectivity index (χ1) is 16.9. The highest BCUT2D eigenvalue weighted by Gasteiger charge is 2.17. The van der Waals surface area contributed by atoms with Crippen molar-refractivity contribution in [3.05, 3.63) is 110 Å². The molecule has 1 atom stereocenters. The van der Waals surface area contributed by atoms with Crippen molar-refractivity contribution in [2.75, 3.05) is 5.32 Å². The summed E-state index contributed by atoms with van der Waals surface area (Å²) in [6.45, 7) is 3.90. The summed E-state index contributed by atoms with van der Waals surface area (Å²) < 4.78 is 7.87. The van der Waals surface area contributed by atoms with E-state index in [0.717, 1.165) is 22.8 Å². The molecule has 174 valence electrons. The maximum absolute atomic E-state index is 13.1. The number of nitrogens with zero attached hydrogens (tertiary/aromatic N) is 1. The first-order valence-corrected chi connectivity index (χ1v) is 11.3. The second-order valence-corrected chi connectivity index (χ2v) is 8.81. The molecule has 0 aliphatic rings. The van der Waals surface area contributed by atoms with Crippen molar-refractivity contribution in [2.45, 2.75) is 19.9 Å². The number of nitrogens with one attached hydrogen (secondary N) is 1. The van der Waals surface area contributed by atoms with E-state index in [0.29, 0.717) is 38.9 Å². The molecule has 0 fully saturated rings. The Morgan fingerprint density at radius 2 is 1.77 bits per heavy atom. The van der Waals surface area contributed by atoms with Crippen LogP contribution in [0, 0.1) is 6.92 Å². The summed E-state index contributed by atoms with van der Waals surface area (Å²) in [5.41, 5.74) is 3.99. The predicted molar refractivity (Wildman–Crippen MR) is 139 cm³/mol. The number of para-hydroxylation sites is 1. The van der Waals surface area contributed by atoms with Crippen LogP contribution >= 0.6 is 0 Å². The van der Waals surface area contributed by atoms with Gasteiger partial charge in [-0.2, -0.15) is 0 Å². The number of pyridine rings is 1. The minimum Gasteiger partial charge on any atom is -0.455 e. The zero-order valence-corrected chi connectivity index (χ0v) is 19.7. The highest BCUT2D eigenvalue weighted by atomic mass is 16.3. The van der Waals surface area contributed by atoms with E-state index in [2.05, 4.69) is 5.32 Å². The third-order valence-electron chi connectivity index (χ3n) is 6.29. The normalized spacial score (nSPS) is 12.1. The monoisotopic (exact) mass is 464 g/mol. The van der Waals surface area contributed by atoms with Crippen LogP contribution in [-0.4, -0.2) is 10.9 Å². The fourth-order valence-corrected chi connectivity index (χ4v) is 4.44. The fraction of sp³-hybridized carbons (Fsp3) is 0.138. The van der Waals surface area contributed by atoms with Crippen LogP contribution in [0.5, 0.6) is 0 Å². The van der Waals surface area contributed by atoms with E-state index in [-0.39, 0.29) is 17.0 Å². The van der Waals surface area contributed by atoms with Gasteiger partial charge in [0.15, 0.2) is 11.7 Å². The molecule has 6 heteroatoms. The van der Waals surface area contributed by atoms with E-state index in [9.17, 15) is 14.4 Å². The first kappa shape index (κ1) is 22.3. The summed E-state index contributed by atoms with van der Waals surface area (Å²) >= 11 is 0. The molecular formula is C29H24N2O4. The van der Waals surface area contributed by atoms with Gasteiger partial charge in [-0.25, -0.2) is 0 Å². The number of carbonyl (C=O) groups excluding carboxylic acids is 1. The van der Waals surface area contributed by atoms with Gasteiger partial charge in [0, 0.05) is 47.1 Å². The number of rotatable bonds is 5. The lowest BCUT2D eigenvalue weighted by Crippen LogP contribution is -2.15. The van der Waals surface area contributed by atoms with Gasteiger partial charge < -0.3 is 14.3 Å². The lowest BCUT2D eigenvalue weighted by atomic mass is 10.00. The van der Waals surface area contributed by atoms with Crippen molar-refractivity contribution in [3.63, 3.8) is 0 Å². The molecule has 2 aromatic heterocycles. The number of hydrogen-bond acceptors (Lipinski definition) is 5. The summed E-state index contributed by atoms with van der Waals surface area (Å²) in [5, 5.41) is 5.25. The number of carbonyl (C=O) groups is 1. The minimum atomic E-state index is -0.239. The molecule has 0 radical (unpaired) electrons. The van der Waals surface area contributed by atoms with Gasteiger partial charge in [0.1, 0.15) is 11.3 Å². The van der Waals surface area contributed by atoms with Gasteiger partial charge in [-0.1, -0.05) is 24.3 Å². The Hall–Kier alpha value is -4.45. The first-order valence-electron chi connectivity index (χ1n) is 11.3. The molecule has 2 heterocycles. The molecule has 6 nitrogen and oxygen atoms in total. The molecule has 1 unspecified atom stereocenters. The van der Waals surface area contributed by atoms with Crippen LogP contribution in [0.2, 0.25) is 0 Å². The van der Waals surface area contributed by atoms with Gasteiger partial charge in [-0.05, 0) is 61.2 Å². The van der Waals surface area contributed by atoms with Crippen molar-refractivity contribution in [3.8, 4) is 11.3 Å². The van der Waals surface area contributed by atoms with E-state index >= 15 is 0 Å². The Kier molecular flexibility index (Phi) is 5.57. The molecule has 0 amide bonds. The zero-order valence-electron chi connectivity index (χ0n) is 19.7. The highest BCUT2D eigenvalue weighted by molar-refractivity contribution is 5.88. The molecule has 5 aromatic rings. The Balaban J connectivity index is 1.65. The molecule has 0 bridgehead atoms. The van der Waals surface area contributed by atoms with Crippen LogP contribution in [0.25, 0.3) is 33.1 Å². The Morgan fingerprint density at radius 1 is 0.971 bits per heavy atom. The SMILES string of the molecule is Cc1cc(C(C)Nc2ccccc2C=O)c2oc(-c3ccc4c(=O)n(C)ccc4c3)cc(=O)c2c1. The van der Waals surface area contributed by atoms with Crippen molar-refractivity contribution < 1.29 is 9.21 Å². The second-order valence-electron chi connectivity index (χ2n) is 8.81. The van der Waals surface area contributed by atoms with Gasteiger partial charge in [0.05, 0.1) is 11.4 Å². The number of aromatic nitrogens is 1. The van der Waals surface area contributed by atoms with Gasteiger partial charge in [0.2, 0.25) is 0 Å². The quantitative estimate of drug-likeness (QED) is 0.342. The summed E-state index contributed by atoms with van der Waals surface area (Å²) in [5.74, 6) is 0.427. The largest absolute Gasteiger partial charge is 0.455 e. The average Bonchev–Trinajstić information content (AvgIpc) is 2.86. The molecule has 0 aliphatic carbocycles. The average molecular weight is 465 g/mol.